The Morgan fingerprint density at radius 2 is 1.31 bits per heavy atom. The van der Waals surface area contributed by atoms with E-state index in [1.165, 1.54) is 24.3 Å². The second-order valence-corrected chi connectivity index (χ2v) is 11.8. The van der Waals surface area contributed by atoms with Gasteiger partial charge in [0.1, 0.15) is 0 Å². The Hall–Kier alpha value is -3.56. The second kappa shape index (κ2) is 8.90. The topological polar surface area (TPSA) is 110 Å². The minimum absolute atomic E-state index is 0.0207. The van der Waals surface area contributed by atoms with E-state index in [1.807, 2.05) is 13.8 Å². The van der Waals surface area contributed by atoms with Gasteiger partial charge in [-0.3, -0.25) is 9.52 Å². The molecule has 1 N–H and O–H groups in total. The van der Waals surface area contributed by atoms with E-state index in [0.29, 0.717) is 16.7 Å². The van der Waals surface area contributed by atoms with Crippen LogP contribution in [-0.2, 0) is 20.0 Å². The van der Waals surface area contributed by atoms with Crippen LogP contribution in [0.15, 0.2) is 86.6 Å². The summed E-state index contributed by atoms with van der Waals surface area (Å²) in [5.41, 5.74) is 3.06. The summed E-state index contributed by atoms with van der Waals surface area (Å²) in [5.74, 6) is -0.574. The van der Waals surface area contributed by atoms with Gasteiger partial charge in [0, 0.05) is 11.1 Å². The number of nitrogens with zero attached hydrogens (tertiary/aromatic N) is 1. The van der Waals surface area contributed by atoms with Crippen molar-refractivity contribution in [3.63, 3.8) is 0 Å². The monoisotopic (exact) mass is 508 g/mol. The van der Waals surface area contributed by atoms with Crippen LogP contribution in [0.3, 0.4) is 0 Å². The van der Waals surface area contributed by atoms with E-state index in [4.69, 9.17) is 0 Å². The van der Waals surface area contributed by atoms with Crippen LogP contribution in [0.2, 0.25) is 0 Å². The van der Waals surface area contributed by atoms with Gasteiger partial charge in [-0.2, -0.15) is 12.8 Å². The second-order valence-electron chi connectivity index (χ2n) is 8.53. The third kappa shape index (κ3) is 4.82. The van der Waals surface area contributed by atoms with Crippen molar-refractivity contribution in [3.05, 3.63) is 106 Å². The van der Waals surface area contributed by atoms with Gasteiger partial charge < -0.3 is 0 Å². The van der Waals surface area contributed by atoms with E-state index in [-0.39, 0.29) is 26.8 Å². The molecule has 35 heavy (non-hydrogen) atoms. The molecule has 0 aromatic heterocycles. The summed E-state index contributed by atoms with van der Waals surface area (Å²) in [7, 11) is -8.26. The van der Waals surface area contributed by atoms with E-state index in [1.54, 1.807) is 56.3 Å². The molecular formula is C26H24N2O5S2. The lowest BCUT2D eigenvalue weighted by Crippen LogP contribution is -2.31. The Bertz CT molecular complexity index is 1610. The number of rotatable bonds is 5. The molecule has 4 rings (SSSR count). The lowest BCUT2D eigenvalue weighted by atomic mass is 9.93. The maximum atomic E-state index is 13.3. The minimum atomic E-state index is -4.17. The van der Waals surface area contributed by atoms with Crippen molar-refractivity contribution in [2.45, 2.75) is 37.5 Å². The molecule has 0 radical (unpaired) electrons. The van der Waals surface area contributed by atoms with Crippen LogP contribution in [0, 0.1) is 27.7 Å². The zero-order valence-corrected chi connectivity index (χ0v) is 21.3. The van der Waals surface area contributed by atoms with Gasteiger partial charge in [0.05, 0.1) is 21.2 Å². The number of Topliss-reactive ketones (excluding diaryl/α,β-unsaturated/α-hetero) is 1. The molecule has 1 aliphatic rings. The van der Waals surface area contributed by atoms with Crippen LogP contribution in [0.5, 0.6) is 0 Å². The molecule has 0 saturated heterocycles. The van der Waals surface area contributed by atoms with Gasteiger partial charge in [-0.25, -0.2) is 8.42 Å². The molecule has 180 valence electrons. The third-order valence-corrected chi connectivity index (χ3v) is 8.61. The van der Waals surface area contributed by atoms with Crippen molar-refractivity contribution in [1.29, 1.82) is 0 Å². The summed E-state index contributed by atoms with van der Waals surface area (Å²) in [6.45, 7) is 7.10. The number of fused-ring (bicyclic) bond motifs is 1. The van der Waals surface area contributed by atoms with Gasteiger partial charge in [-0.05, 0) is 57.0 Å². The summed E-state index contributed by atoms with van der Waals surface area (Å²) >= 11 is 0. The first-order valence-corrected chi connectivity index (χ1v) is 13.7. The van der Waals surface area contributed by atoms with Crippen LogP contribution in [0.25, 0.3) is 0 Å². The lowest BCUT2D eigenvalue weighted by Gasteiger charge is -2.19. The molecule has 1 aliphatic carbocycles. The standard InChI is InChI=1S/C26H24N2O5S2/c1-16-9-11-20(12-10-16)34(30,31)28-24-15-23(21-7-5-6-8-22(21)25(24)29)27-35(32,33)26-18(3)13-17(2)14-19(26)4/h5-15,28H,1-4H3. The molecule has 3 aromatic rings. The Kier molecular flexibility index (Phi) is 6.25. The molecule has 3 aromatic carbocycles. The molecular weight excluding hydrogens is 484 g/mol. The number of carbonyl (C=O) groups is 1. The predicted octanol–water partition coefficient (Wildman–Crippen LogP) is 4.16. The molecule has 0 spiro atoms. The number of carbonyl (C=O) groups excluding carboxylic acids is 1. The lowest BCUT2D eigenvalue weighted by molar-refractivity contribution is 0.102. The Labute approximate surface area is 205 Å². The first-order chi connectivity index (χ1) is 16.4. The Balaban J connectivity index is 1.85. The number of sulfonamides is 2. The molecule has 0 unspecified atom stereocenters. The van der Waals surface area contributed by atoms with Crippen molar-refractivity contribution < 1.29 is 21.6 Å². The molecule has 0 atom stereocenters. The van der Waals surface area contributed by atoms with Gasteiger partial charge in [0.15, 0.2) is 0 Å². The maximum Gasteiger partial charge on any atom is 0.283 e. The number of allylic oxidation sites excluding steroid dienone is 2. The highest BCUT2D eigenvalue weighted by molar-refractivity contribution is 7.90. The molecule has 9 heteroatoms. The number of hydrogen-bond donors (Lipinski definition) is 1. The SMILES string of the molecule is Cc1ccc(S(=O)(=O)NC2=CC(=NS(=O)(=O)c3c(C)cc(C)cc3C)c3ccccc3C2=O)cc1. The van der Waals surface area contributed by atoms with Gasteiger partial charge in [0.2, 0.25) is 5.78 Å². The molecule has 0 saturated carbocycles. The van der Waals surface area contributed by atoms with Crippen molar-refractivity contribution in [1.82, 2.24) is 4.72 Å². The maximum absolute atomic E-state index is 13.3. The highest BCUT2D eigenvalue weighted by atomic mass is 32.2. The van der Waals surface area contributed by atoms with Crippen molar-refractivity contribution in [3.8, 4) is 0 Å². The van der Waals surface area contributed by atoms with Crippen molar-refractivity contribution >= 4 is 31.5 Å². The number of ketones is 1. The number of benzene rings is 3. The van der Waals surface area contributed by atoms with E-state index < -0.39 is 25.8 Å². The molecule has 0 amide bonds. The smallest absolute Gasteiger partial charge is 0.283 e. The molecule has 7 nitrogen and oxygen atoms in total. The number of nitrogens with one attached hydrogen (secondary N) is 1. The van der Waals surface area contributed by atoms with E-state index >= 15 is 0 Å². The van der Waals surface area contributed by atoms with Gasteiger partial charge >= 0.3 is 0 Å². The summed E-state index contributed by atoms with van der Waals surface area (Å²) in [6.07, 6.45) is 1.17. The predicted molar refractivity (Wildman–Crippen MR) is 135 cm³/mol. The van der Waals surface area contributed by atoms with Crippen LogP contribution in [0.1, 0.15) is 38.2 Å². The summed E-state index contributed by atoms with van der Waals surface area (Å²) in [6, 6.07) is 16.0. The quantitative estimate of drug-likeness (QED) is 0.557. The average Bonchev–Trinajstić information content (AvgIpc) is 2.76. The summed E-state index contributed by atoms with van der Waals surface area (Å²) in [4.78, 5) is 13.2. The fraction of sp³-hybridized carbons (Fsp3) is 0.154. The fourth-order valence-electron chi connectivity index (χ4n) is 4.15. The van der Waals surface area contributed by atoms with Gasteiger partial charge in [-0.15, -0.1) is 0 Å². The normalized spacial score (nSPS) is 15.0. The van der Waals surface area contributed by atoms with E-state index in [0.717, 1.165) is 11.1 Å². The van der Waals surface area contributed by atoms with Crippen LogP contribution < -0.4 is 4.72 Å². The third-order valence-electron chi connectivity index (χ3n) is 5.63. The molecule has 0 heterocycles. The average molecular weight is 509 g/mol. The van der Waals surface area contributed by atoms with Gasteiger partial charge in [0.25, 0.3) is 20.0 Å². The molecule has 0 bridgehead atoms. The fourth-order valence-corrected chi connectivity index (χ4v) is 6.64. The first kappa shape index (κ1) is 24.6. The van der Waals surface area contributed by atoms with E-state index in [2.05, 4.69) is 9.12 Å². The molecule has 0 fully saturated rings. The minimum Gasteiger partial charge on any atom is -0.287 e. The highest BCUT2D eigenvalue weighted by Gasteiger charge is 2.29. The van der Waals surface area contributed by atoms with Crippen molar-refractivity contribution in [2.75, 3.05) is 0 Å². The Morgan fingerprint density at radius 1 is 0.743 bits per heavy atom. The van der Waals surface area contributed by atoms with Crippen LogP contribution in [0.4, 0.5) is 0 Å². The molecule has 0 aliphatic heterocycles. The van der Waals surface area contributed by atoms with Crippen LogP contribution in [-0.4, -0.2) is 28.3 Å². The van der Waals surface area contributed by atoms with Gasteiger partial charge in [-0.1, -0.05) is 59.7 Å². The summed E-state index contributed by atoms with van der Waals surface area (Å²) < 4.78 is 59.0. The van der Waals surface area contributed by atoms with E-state index in [9.17, 15) is 21.6 Å². The first-order valence-electron chi connectivity index (χ1n) is 10.8. The number of hydrogen-bond acceptors (Lipinski definition) is 5. The zero-order valence-electron chi connectivity index (χ0n) is 19.7. The highest BCUT2D eigenvalue weighted by Crippen LogP contribution is 2.27. The Morgan fingerprint density at radius 3 is 1.91 bits per heavy atom. The number of aryl methyl sites for hydroxylation is 4. The van der Waals surface area contributed by atoms with Crippen LogP contribution >= 0.6 is 0 Å². The van der Waals surface area contributed by atoms with Crippen molar-refractivity contribution in [2.24, 2.45) is 4.40 Å². The summed E-state index contributed by atoms with van der Waals surface area (Å²) in [5, 5.41) is 0. The largest absolute Gasteiger partial charge is 0.287 e. The zero-order chi connectivity index (χ0) is 25.5.